The zero-order chi connectivity index (χ0) is 13.1. The van der Waals surface area contributed by atoms with Gasteiger partial charge in [0.1, 0.15) is 11.3 Å². The van der Waals surface area contributed by atoms with Gasteiger partial charge < -0.3 is 9.73 Å². The van der Waals surface area contributed by atoms with Crippen LogP contribution in [0.3, 0.4) is 0 Å². The molecule has 0 saturated carbocycles. The lowest BCUT2D eigenvalue weighted by Gasteiger charge is -2.17. The Morgan fingerprint density at radius 1 is 1.17 bits per heavy atom. The van der Waals surface area contributed by atoms with Crippen molar-refractivity contribution in [3.63, 3.8) is 0 Å². The predicted octanol–water partition coefficient (Wildman–Crippen LogP) is 4.13. The van der Waals surface area contributed by atoms with Gasteiger partial charge in [0.2, 0.25) is 0 Å². The van der Waals surface area contributed by atoms with Crippen molar-refractivity contribution in [1.82, 2.24) is 5.32 Å². The van der Waals surface area contributed by atoms with Crippen molar-refractivity contribution in [3.8, 4) is 0 Å². The molecule has 0 aliphatic rings. The molecule has 0 aliphatic carbocycles. The van der Waals surface area contributed by atoms with E-state index in [0.29, 0.717) is 12.0 Å². The highest BCUT2D eigenvalue weighted by Crippen LogP contribution is 2.26. The number of fused-ring (bicyclic) bond motifs is 1. The third-order valence-electron chi connectivity index (χ3n) is 3.70. The van der Waals surface area contributed by atoms with Crippen molar-refractivity contribution in [2.75, 3.05) is 0 Å². The number of hydrogen-bond acceptors (Lipinski definition) is 2. The third kappa shape index (κ3) is 2.59. The lowest BCUT2D eigenvalue weighted by Crippen LogP contribution is -2.30. The summed E-state index contributed by atoms with van der Waals surface area (Å²) < 4.78 is 5.90. The summed E-state index contributed by atoms with van der Waals surface area (Å²) in [6.45, 7) is 9.75. The molecule has 0 radical (unpaired) electrons. The first kappa shape index (κ1) is 13.2. The smallest absolute Gasteiger partial charge is 0.134 e. The van der Waals surface area contributed by atoms with E-state index < -0.39 is 0 Å². The molecule has 18 heavy (non-hydrogen) atoms. The van der Waals surface area contributed by atoms with E-state index >= 15 is 0 Å². The summed E-state index contributed by atoms with van der Waals surface area (Å²) in [7, 11) is 0. The van der Waals surface area contributed by atoms with E-state index in [1.807, 2.05) is 12.1 Å². The summed E-state index contributed by atoms with van der Waals surface area (Å²) in [5.74, 6) is 1.76. The summed E-state index contributed by atoms with van der Waals surface area (Å²) in [6.07, 6.45) is 0.946. The van der Waals surface area contributed by atoms with E-state index in [2.05, 4.69) is 45.1 Å². The fraction of sp³-hybridized carbons (Fsp3) is 0.500. The van der Waals surface area contributed by atoms with E-state index in [4.69, 9.17) is 4.42 Å². The number of aryl methyl sites for hydroxylation is 1. The molecule has 1 N–H and O–H groups in total. The maximum Gasteiger partial charge on any atom is 0.134 e. The molecule has 1 unspecified atom stereocenters. The Morgan fingerprint density at radius 2 is 1.89 bits per heavy atom. The van der Waals surface area contributed by atoms with Gasteiger partial charge in [0.25, 0.3) is 0 Å². The van der Waals surface area contributed by atoms with Crippen LogP contribution < -0.4 is 5.32 Å². The van der Waals surface area contributed by atoms with Crippen molar-refractivity contribution >= 4 is 11.0 Å². The molecular formula is C16H23NO. The molecule has 0 amide bonds. The van der Waals surface area contributed by atoms with Gasteiger partial charge in [-0.15, -0.1) is 0 Å². The number of hydrogen-bond donors (Lipinski definition) is 1. The lowest BCUT2D eigenvalue weighted by atomic mass is 10.0. The highest BCUT2D eigenvalue weighted by molar-refractivity contribution is 5.82. The number of benzene rings is 1. The van der Waals surface area contributed by atoms with Crippen LogP contribution in [-0.4, -0.2) is 6.04 Å². The molecular weight excluding hydrogens is 222 g/mol. The molecule has 0 spiro atoms. The molecule has 2 aromatic rings. The van der Waals surface area contributed by atoms with Crippen LogP contribution in [0, 0.1) is 5.92 Å². The maximum absolute atomic E-state index is 5.90. The highest BCUT2D eigenvalue weighted by atomic mass is 16.3. The van der Waals surface area contributed by atoms with Gasteiger partial charge >= 0.3 is 0 Å². The zero-order valence-electron chi connectivity index (χ0n) is 11.8. The second-order valence-corrected chi connectivity index (χ2v) is 5.27. The maximum atomic E-state index is 5.90. The van der Waals surface area contributed by atoms with Gasteiger partial charge in [-0.25, -0.2) is 0 Å². The Labute approximate surface area is 109 Å². The quantitative estimate of drug-likeness (QED) is 0.856. The van der Waals surface area contributed by atoms with Crippen molar-refractivity contribution in [3.05, 3.63) is 35.6 Å². The van der Waals surface area contributed by atoms with E-state index in [1.54, 1.807) is 0 Å². The molecule has 0 fully saturated rings. The molecule has 1 heterocycles. The minimum atomic E-state index is 0.517. The summed E-state index contributed by atoms with van der Waals surface area (Å²) in [5.41, 5.74) is 2.32. The average molecular weight is 245 g/mol. The molecule has 1 aromatic heterocycles. The molecule has 0 aliphatic heterocycles. The summed E-state index contributed by atoms with van der Waals surface area (Å²) in [5, 5.41) is 4.84. The Bertz CT molecular complexity index is 513. The van der Waals surface area contributed by atoms with Gasteiger partial charge in [0, 0.05) is 30.0 Å². The van der Waals surface area contributed by atoms with Gasteiger partial charge in [-0.3, -0.25) is 0 Å². The molecule has 2 heteroatoms. The van der Waals surface area contributed by atoms with Crippen molar-refractivity contribution in [1.29, 1.82) is 0 Å². The molecule has 2 nitrogen and oxygen atoms in total. The van der Waals surface area contributed by atoms with Crippen LogP contribution in [0.2, 0.25) is 0 Å². The minimum Gasteiger partial charge on any atom is -0.461 e. The van der Waals surface area contributed by atoms with Crippen molar-refractivity contribution < 1.29 is 4.42 Å². The summed E-state index contributed by atoms with van der Waals surface area (Å²) >= 11 is 0. The fourth-order valence-corrected chi connectivity index (χ4v) is 2.13. The first-order valence-corrected chi connectivity index (χ1v) is 6.86. The van der Waals surface area contributed by atoms with E-state index in [-0.39, 0.29) is 0 Å². The second kappa shape index (κ2) is 5.57. The van der Waals surface area contributed by atoms with E-state index in [9.17, 15) is 0 Å². The Morgan fingerprint density at radius 3 is 2.56 bits per heavy atom. The van der Waals surface area contributed by atoms with Crippen LogP contribution in [-0.2, 0) is 13.0 Å². The molecule has 0 saturated heterocycles. The van der Waals surface area contributed by atoms with Gasteiger partial charge in [0.05, 0.1) is 0 Å². The highest BCUT2D eigenvalue weighted by Gasteiger charge is 2.14. The Kier molecular flexibility index (Phi) is 4.07. The summed E-state index contributed by atoms with van der Waals surface area (Å²) in [4.78, 5) is 0. The molecule has 98 valence electrons. The SMILES string of the molecule is CCc1oc2ccccc2c1CNC(C)C(C)C. The second-order valence-electron chi connectivity index (χ2n) is 5.27. The third-order valence-corrected chi connectivity index (χ3v) is 3.70. The first-order chi connectivity index (χ1) is 8.63. The van der Waals surface area contributed by atoms with Crippen LogP contribution >= 0.6 is 0 Å². The predicted molar refractivity (Wildman–Crippen MR) is 76.7 cm³/mol. The van der Waals surface area contributed by atoms with E-state index in [0.717, 1.165) is 24.3 Å². The topological polar surface area (TPSA) is 25.2 Å². The average Bonchev–Trinajstić information content (AvgIpc) is 2.73. The number of nitrogens with one attached hydrogen (secondary N) is 1. The van der Waals surface area contributed by atoms with Gasteiger partial charge in [0.15, 0.2) is 0 Å². The molecule has 2 rings (SSSR count). The normalized spacial score (nSPS) is 13.4. The largest absolute Gasteiger partial charge is 0.461 e. The van der Waals surface area contributed by atoms with Crippen molar-refractivity contribution in [2.24, 2.45) is 5.92 Å². The number of furan rings is 1. The van der Waals surface area contributed by atoms with E-state index in [1.165, 1.54) is 10.9 Å². The van der Waals surface area contributed by atoms with Gasteiger partial charge in [-0.1, -0.05) is 39.0 Å². The Hall–Kier alpha value is -1.28. The zero-order valence-corrected chi connectivity index (χ0v) is 11.8. The van der Waals surface area contributed by atoms with Gasteiger partial charge in [-0.05, 0) is 18.9 Å². The standard InChI is InChI=1S/C16H23NO/c1-5-15-14(10-17-12(4)11(2)3)13-8-6-7-9-16(13)18-15/h6-9,11-12,17H,5,10H2,1-4H3. The van der Waals surface area contributed by atoms with Crippen molar-refractivity contribution in [2.45, 2.75) is 46.7 Å². The van der Waals surface area contributed by atoms with Crippen LogP contribution in [0.15, 0.2) is 28.7 Å². The molecule has 0 bridgehead atoms. The van der Waals surface area contributed by atoms with Crippen LogP contribution in [0.25, 0.3) is 11.0 Å². The summed E-state index contributed by atoms with van der Waals surface area (Å²) in [6, 6.07) is 8.81. The first-order valence-electron chi connectivity index (χ1n) is 6.86. The Balaban J connectivity index is 2.25. The fourth-order valence-electron chi connectivity index (χ4n) is 2.13. The van der Waals surface area contributed by atoms with Crippen LogP contribution in [0.1, 0.15) is 39.0 Å². The minimum absolute atomic E-state index is 0.517. The monoisotopic (exact) mass is 245 g/mol. The molecule has 1 atom stereocenters. The lowest BCUT2D eigenvalue weighted by molar-refractivity contribution is 0.423. The number of rotatable bonds is 5. The van der Waals surface area contributed by atoms with Crippen LogP contribution in [0.4, 0.5) is 0 Å². The number of para-hydroxylation sites is 1. The molecule has 1 aromatic carbocycles. The van der Waals surface area contributed by atoms with Crippen LogP contribution in [0.5, 0.6) is 0 Å². The van der Waals surface area contributed by atoms with Gasteiger partial charge in [-0.2, -0.15) is 0 Å².